The van der Waals surface area contributed by atoms with Crippen molar-refractivity contribution in [3.8, 4) is 17.0 Å². The van der Waals surface area contributed by atoms with Gasteiger partial charge in [-0.2, -0.15) is 23.4 Å². The molecule has 0 aliphatic carbocycles. The monoisotopic (exact) mass is 509 g/mol. The average Bonchev–Trinajstić information content (AvgIpc) is 3.40. The zero-order chi connectivity index (χ0) is 25.9. The Morgan fingerprint density at radius 3 is 2.26 bits per heavy atom. The molecule has 184 valence electrons. The van der Waals surface area contributed by atoms with Gasteiger partial charge in [-0.25, -0.2) is 5.43 Å². The highest BCUT2D eigenvalue weighted by Crippen LogP contribution is 2.35. The number of aryl methyl sites for hydroxylation is 1. The van der Waals surface area contributed by atoms with Crippen molar-refractivity contribution in [1.29, 1.82) is 0 Å². The van der Waals surface area contributed by atoms with E-state index in [9.17, 15) is 32.7 Å². The Morgan fingerprint density at radius 2 is 1.69 bits per heavy atom. The number of carboxylic acid groups (broad SMARTS) is 1. The lowest BCUT2D eigenvalue weighted by Gasteiger charge is -2.08. The molecule has 3 aromatic rings. The molecule has 1 aromatic carbocycles. The van der Waals surface area contributed by atoms with Gasteiger partial charge in [0, 0.05) is 12.6 Å². The van der Waals surface area contributed by atoms with Gasteiger partial charge in [-0.3, -0.25) is 19.1 Å². The Hall–Kier alpha value is -4.20. The number of aromatic hydroxyl groups is 1. The highest BCUT2D eigenvalue weighted by Gasteiger charge is 2.30. The molecule has 0 aliphatic rings. The SMILES string of the molecule is CC(=NNC(=O)c1ccc(C(=O)NCC(=O)O)s1)c1nn(C)c(-c2ccc(C(F)(F)F)cc2)c1O. The summed E-state index contributed by atoms with van der Waals surface area (Å²) in [6.45, 7) is 0.891. The number of benzene rings is 1. The summed E-state index contributed by atoms with van der Waals surface area (Å²) in [4.78, 5) is 35.0. The van der Waals surface area contributed by atoms with Crippen molar-refractivity contribution in [2.75, 3.05) is 6.54 Å². The lowest BCUT2D eigenvalue weighted by Crippen LogP contribution is -2.28. The molecule has 0 saturated heterocycles. The minimum atomic E-state index is -4.49. The van der Waals surface area contributed by atoms with Gasteiger partial charge >= 0.3 is 12.1 Å². The summed E-state index contributed by atoms with van der Waals surface area (Å²) in [5, 5.41) is 29.4. The molecule has 2 aromatic heterocycles. The lowest BCUT2D eigenvalue weighted by molar-refractivity contribution is -0.137. The summed E-state index contributed by atoms with van der Waals surface area (Å²) in [5.41, 5.74) is 2.00. The normalized spacial score (nSPS) is 11.9. The Kier molecular flexibility index (Phi) is 7.24. The number of amides is 2. The van der Waals surface area contributed by atoms with Gasteiger partial charge in [-0.1, -0.05) is 12.1 Å². The molecular weight excluding hydrogens is 491 g/mol. The Bertz CT molecular complexity index is 1310. The highest BCUT2D eigenvalue weighted by atomic mass is 32.1. The summed E-state index contributed by atoms with van der Waals surface area (Å²) < 4.78 is 39.7. The predicted molar refractivity (Wildman–Crippen MR) is 119 cm³/mol. The van der Waals surface area contributed by atoms with Gasteiger partial charge in [0.25, 0.3) is 11.8 Å². The summed E-state index contributed by atoms with van der Waals surface area (Å²) in [5.74, 6) is -2.86. The van der Waals surface area contributed by atoms with Crippen LogP contribution in [0.1, 0.15) is 37.5 Å². The summed E-state index contributed by atoms with van der Waals surface area (Å²) in [6.07, 6.45) is -4.49. The van der Waals surface area contributed by atoms with Crippen LogP contribution >= 0.6 is 11.3 Å². The van der Waals surface area contributed by atoms with E-state index >= 15 is 0 Å². The number of nitrogens with zero attached hydrogens (tertiary/aromatic N) is 3. The van der Waals surface area contributed by atoms with Crippen LogP contribution in [0.25, 0.3) is 11.3 Å². The number of aromatic nitrogens is 2. The fraction of sp³-hybridized carbons (Fsp3) is 0.190. The predicted octanol–water partition coefficient (Wildman–Crippen LogP) is 2.84. The van der Waals surface area contributed by atoms with Crippen LogP contribution in [0.3, 0.4) is 0 Å². The maximum absolute atomic E-state index is 12.8. The number of thiophene rings is 1. The molecule has 35 heavy (non-hydrogen) atoms. The van der Waals surface area contributed by atoms with Crippen molar-refractivity contribution in [3.05, 3.63) is 57.4 Å². The number of alkyl halides is 3. The van der Waals surface area contributed by atoms with Gasteiger partial charge in [0.05, 0.1) is 21.0 Å². The molecule has 0 aliphatic heterocycles. The number of aliphatic carboxylic acids is 1. The molecule has 3 rings (SSSR count). The van der Waals surface area contributed by atoms with Crippen LogP contribution in [0.2, 0.25) is 0 Å². The summed E-state index contributed by atoms with van der Waals surface area (Å²) >= 11 is 0.823. The first-order valence-electron chi connectivity index (χ1n) is 9.77. The molecule has 2 heterocycles. The molecule has 0 spiro atoms. The second-order valence-electron chi connectivity index (χ2n) is 7.12. The Balaban J connectivity index is 1.74. The third kappa shape index (κ3) is 5.84. The molecule has 0 radical (unpaired) electrons. The first-order chi connectivity index (χ1) is 16.4. The molecule has 0 atom stereocenters. The van der Waals surface area contributed by atoms with Gasteiger partial charge in [-0.05, 0) is 31.2 Å². The second kappa shape index (κ2) is 9.97. The fourth-order valence-electron chi connectivity index (χ4n) is 2.96. The Labute approximate surface area is 199 Å². The number of halogens is 3. The van der Waals surface area contributed by atoms with Crippen LogP contribution in [-0.4, -0.2) is 50.0 Å². The van der Waals surface area contributed by atoms with Gasteiger partial charge in [0.15, 0.2) is 11.4 Å². The molecule has 10 nitrogen and oxygen atoms in total. The van der Waals surface area contributed by atoms with E-state index in [4.69, 9.17) is 5.11 Å². The molecule has 4 N–H and O–H groups in total. The maximum Gasteiger partial charge on any atom is 0.416 e. The standard InChI is InChI=1S/C21H18F3N5O5S/c1-10(26-27-20(34)14-8-7-13(35-14)19(33)25-9-15(30)31)16-18(32)17(29(2)28-16)11-3-5-12(6-4-11)21(22,23)24/h3-8,32H,9H2,1-2H3,(H,25,33)(H,27,34)(H,30,31). The molecule has 2 amide bonds. The zero-order valence-corrected chi connectivity index (χ0v) is 19.0. The zero-order valence-electron chi connectivity index (χ0n) is 18.2. The smallest absolute Gasteiger partial charge is 0.416 e. The van der Waals surface area contributed by atoms with Crippen LogP contribution in [0.5, 0.6) is 5.75 Å². The average molecular weight is 509 g/mol. The number of rotatable bonds is 7. The van der Waals surface area contributed by atoms with Crippen molar-refractivity contribution in [2.45, 2.75) is 13.1 Å². The minimum absolute atomic E-state index is 0.00242. The molecule has 14 heteroatoms. The second-order valence-corrected chi connectivity index (χ2v) is 8.21. The van der Waals surface area contributed by atoms with Crippen molar-refractivity contribution >= 4 is 34.8 Å². The van der Waals surface area contributed by atoms with Crippen LogP contribution in [0.4, 0.5) is 13.2 Å². The number of carbonyl (C=O) groups excluding carboxylic acids is 2. The number of carboxylic acids is 1. The van der Waals surface area contributed by atoms with E-state index in [1.807, 2.05) is 0 Å². The van der Waals surface area contributed by atoms with Crippen molar-refractivity contribution in [3.63, 3.8) is 0 Å². The molecule has 0 unspecified atom stereocenters. The number of carbonyl (C=O) groups is 3. The van der Waals surface area contributed by atoms with Crippen LogP contribution in [-0.2, 0) is 18.0 Å². The molecule has 0 bridgehead atoms. The first kappa shape index (κ1) is 25.4. The van der Waals surface area contributed by atoms with Crippen LogP contribution in [0, 0.1) is 0 Å². The number of hydrazone groups is 1. The number of hydrogen-bond acceptors (Lipinski definition) is 7. The van der Waals surface area contributed by atoms with Crippen LogP contribution < -0.4 is 10.7 Å². The van der Waals surface area contributed by atoms with Gasteiger partial charge in [-0.15, -0.1) is 11.3 Å². The first-order valence-corrected chi connectivity index (χ1v) is 10.6. The highest BCUT2D eigenvalue weighted by molar-refractivity contribution is 7.15. The molecule has 0 fully saturated rings. The van der Waals surface area contributed by atoms with E-state index in [-0.39, 0.29) is 32.6 Å². The molecule has 0 saturated carbocycles. The summed E-state index contributed by atoms with van der Waals surface area (Å²) in [7, 11) is 1.49. The van der Waals surface area contributed by atoms with Crippen molar-refractivity contribution < 1.29 is 37.8 Å². The van der Waals surface area contributed by atoms with E-state index in [0.717, 1.165) is 23.5 Å². The van der Waals surface area contributed by atoms with E-state index in [0.29, 0.717) is 5.56 Å². The lowest BCUT2D eigenvalue weighted by atomic mass is 10.1. The number of nitrogens with one attached hydrogen (secondary N) is 2. The van der Waals surface area contributed by atoms with Crippen molar-refractivity contribution in [2.24, 2.45) is 12.1 Å². The number of hydrogen-bond donors (Lipinski definition) is 4. The molecular formula is C21H18F3N5O5S. The van der Waals surface area contributed by atoms with Gasteiger partial charge in [0.2, 0.25) is 0 Å². The maximum atomic E-state index is 12.8. The van der Waals surface area contributed by atoms with E-state index in [1.54, 1.807) is 0 Å². The van der Waals surface area contributed by atoms with Crippen LogP contribution in [0.15, 0.2) is 41.5 Å². The third-order valence-electron chi connectivity index (χ3n) is 4.63. The third-order valence-corrected chi connectivity index (χ3v) is 5.71. The topological polar surface area (TPSA) is 146 Å². The summed E-state index contributed by atoms with van der Waals surface area (Å²) in [6, 6.07) is 6.91. The van der Waals surface area contributed by atoms with E-state index in [2.05, 4.69) is 20.9 Å². The fourth-order valence-corrected chi connectivity index (χ4v) is 3.78. The largest absolute Gasteiger partial charge is 0.504 e. The van der Waals surface area contributed by atoms with E-state index < -0.39 is 36.1 Å². The quantitative estimate of drug-likeness (QED) is 0.285. The Morgan fingerprint density at radius 1 is 1.09 bits per heavy atom. The van der Waals surface area contributed by atoms with Gasteiger partial charge < -0.3 is 15.5 Å². The van der Waals surface area contributed by atoms with E-state index in [1.165, 1.54) is 42.9 Å². The minimum Gasteiger partial charge on any atom is -0.504 e. The van der Waals surface area contributed by atoms with Crippen molar-refractivity contribution in [1.82, 2.24) is 20.5 Å². The van der Waals surface area contributed by atoms with Gasteiger partial charge in [0.1, 0.15) is 12.2 Å².